The maximum absolute atomic E-state index is 5.01. The molecule has 0 radical (unpaired) electrons. The summed E-state index contributed by atoms with van der Waals surface area (Å²) in [7, 11) is 8.01. The van der Waals surface area contributed by atoms with Gasteiger partial charge in [0.25, 0.3) is 0 Å². The summed E-state index contributed by atoms with van der Waals surface area (Å²) in [5.74, 6) is 2.58. The van der Waals surface area contributed by atoms with Crippen LogP contribution in [0, 0.1) is 0 Å². The summed E-state index contributed by atoms with van der Waals surface area (Å²) in [6.45, 7) is 0. The van der Waals surface area contributed by atoms with E-state index in [0.29, 0.717) is 0 Å². The zero-order valence-electron chi connectivity index (χ0n) is 19.5. The van der Waals surface area contributed by atoms with Crippen molar-refractivity contribution in [2.75, 3.05) is 28.2 Å². The van der Waals surface area contributed by atoms with Crippen LogP contribution in [0.15, 0.2) is 114 Å². The Hall–Kier alpha value is -4.19. The minimum atomic E-state index is 0.857. The van der Waals surface area contributed by atoms with Gasteiger partial charge in [-0.2, -0.15) is 0 Å². The Balaban J connectivity index is 1.90. The van der Waals surface area contributed by atoms with Gasteiger partial charge in [-0.3, -0.25) is 0 Å². The second kappa shape index (κ2) is 9.96. The van der Waals surface area contributed by atoms with Crippen molar-refractivity contribution in [2.24, 2.45) is 10.2 Å². The van der Waals surface area contributed by atoms with Crippen LogP contribution in [-0.2, 0) is 0 Å². The average molecular weight is 438 g/mol. The fourth-order valence-electron chi connectivity index (χ4n) is 3.57. The van der Waals surface area contributed by atoms with E-state index in [4.69, 9.17) is 10.2 Å². The van der Waals surface area contributed by atoms with Crippen LogP contribution < -0.4 is 4.68 Å². The van der Waals surface area contributed by atoms with Crippen molar-refractivity contribution in [1.29, 1.82) is 0 Å². The van der Waals surface area contributed by atoms with E-state index in [1.54, 1.807) is 0 Å². The number of nitrogens with zero attached hydrogens (tertiary/aromatic N) is 6. The van der Waals surface area contributed by atoms with Crippen LogP contribution in [0.2, 0.25) is 0 Å². The molecule has 0 saturated carbocycles. The minimum absolute atomic E-state index is 0.857. The van der Waals surface area contributed by atoms with Crippen LogP contribution in [0.25, 0.3) is 11.4 Å². The standard InChI is InChI=1S/C27H29N6/c1-30(2)25(22-14-8-5-9-15-22)28-32-20-21-33(27(32)24-18-12-7-13-19-24)29-26(31(3)4)23-16-10-6-11-17-23/h5-21H,1-4H3/q+1. The van der Waals surface area contributed by atoms with Gasteiger partial charge >= 0.3 is 5.82 Å². The van der Waals surface area contributed by atoms with E-state index >= 15 is 0 Å². The van der Waals surface area contributed by atoms with Crippen molar-refractivity contribution in [3.05, 3.63) is 115 Å². The third kappa shape index (κ3) is 5.01. The van der Waals surface area contributed by atoms with E-state index in [-0.39, 0.29) is 0 Å². The van der Waals surface area contributed by atoms with Crippen molar-refractivity contribution < 1.29 is 4.68 Å². The molecule has 1 heterocycles. The molecule has 6 heteroatoms. The van der Waals surface area contributed by atoms with Gasteiger partial charge in [-0.25, -0.2) is 0 Å². The SMILES string of the molecule is CN(C)C(=Nn1cc[n+](N=C(c2ccccc2)N(C)C)c1-c1ccccc1)c1ccccc1. The molecule has 0 spiro atoms. The van der Waals surface area contributed by atoms with Gasteiger partial charge in [-0.15, -0.1) is 0 Å². The van der Waals surface area contributed by atoms with Gasteiger partial charge in [0.05, 0.1) is 5.56 Å². The first kappa shape index (κ1) is 22.0. The molecule has 6 nitrogen and oxygen atoms in total. The highest BCUT2D eigenvalue weighted by atomic mass is 15.5. The normalized spacial score (nSPS) is 12.0. The van der Waals surface area contributed by atoms with Gasteiger partial charge in [0.1, 0.15) is 0 Å². The second-order valence-electron chi connectivity index (χ2n) is 8.05. The van der Waals surface area contributed by atoms with E-state index in [1.807, 2.05) is 114 Å². The smallest absolute Gasteiger partial charge is 0.340 e. The lowest BCUT2D eigenvalue weighted by Gasteiger charge is -2.15. The summed E-state index contributed by atoms with van der Waals surface area (Å²) in [4.78, 5) is 4.04. The molecule has 0 aliphatic rings. The molecule has 0 aliphatic heterocycles. The zero-order valence-corrected chi connectivity index (χ0v) is 19.5. The molecule has 0 amide bonds. The number of hydrogen-bond acceptors (Lipinski definition) is 2. The maximum atomic E-state index is 5.01. The average Bonchev–Trinajstić information content (AvgIpc) is 3.24. The molecule has 4 rings (SSSR count). The van der Waals surface area contributed by atoms with Crippen LogP contribution in [0.4, 0.5) is 0 Å². The molecule has 166 valence electrons. The first-order valence-electron chi connectivity index (χ1n) is 10.9. The van der Waals surface area contributed by atoms with Crippen molar-refractivity contribution in [3.63, 3.8) is 0 Å². The summed E-state index contributed by atoms with van der Waals surface area (Å²) >= 11 is 0. The number of aromatic nitrogens is 2. The van der Waals surface area contributed by atoms with E-state index in [0.717, 1.165) is 34.2 Å². The van der Waals surface area contributed by atoms with Gasteiger partial charge in [0.15, 0.2) is 24.1 Å². The molecule has 0 saturated heterocycles. The number of benzene rings is 3. The number of rotatable bonds is 5. The number of imidazole rings is 1. The Labute approximate surface area is 195 Å². The van der Waals surface area contributed by atoms with E-state index in [9.17, 15) is 0 Å². The molecule has 0 N–H and O–H groups in total. The Bertz CT molecular complexity index is 1160. The van der Waals surface area contributed by atoms with Crippen molar-refractivity contribution in [3.8, 4) is 11.4 Å². The van der Waals surface area contributed by atoms with Gasteiger partial charge < -0.3 is 9.80 Å². The maximum Gasteiger partial charge on any atom is 0.340 e. The summed E-state index contributed by atoms with van der Waals surface area (Å²) in [5, 5.41) is 10.0. The Morgan fingerprint density at radius 2 is 1.15 bits per heavy atom. The minimum Gasteiger partial charge on any atom is -0.359 e. The Morgan fingerprint density at radius 1 is 0.667 bits per heavy atom. The van der Waals surface area contributed by atoms with E-state index < -0.39 is 0 Å². The lowest BCUT2D eigenvalue weighted by molar-refractivity contribution is -0.667. The summed E-state index contributed by atoms with van der Waals surface area (Å²) in [6, 6.07) is 30.6. The van der Waals surface area contributed by atoms with Crippen molar-refractivity contribution in [2.45, 2.75) is 0 Å². The highest BCUT2D eigenvalue weighted by Crippen LogP contribution is 2.17. The predicted molar refractivity (Wildman–Crippen MR) is 134 cm³/mol. The molecular formula is C27H29N6+. The second-order valence-corrected chi connectivity index (χ2v) is 8.05. The third-order valence-corrected chi connectivity index (χ3v) is 5.13. The Kier molecular flexibility index (Phi) is 6.64. The summed E-state index contributed by atoms with van der Waals surface area (Å²) in [5.41, 5.74) is 3.11. The first-order chi connectivity index (χ1) is 16.0. The largest absolute Gasteiger partial charge is 0.359 e. The lowest BCUT2D eigenvalue weighted by atomic mass is 10.2. The molecule has 4 aromatic rings. The van der Waals surface area contributed by atoms with Crippen molar-refractivity contribution >= 4 is 11.7 Å². The topological polar surface area (TPSA) is 40.0 Å². The monoisotopic (exact) mass is 437 g/mol. The van der Waals surface area contributed by atoms with Crippen LogP contribution in [0.1, 0.15) is 11.1 Å². The highest BCUT2D eigenvalue weighted by Gasteiger charge is 2.23. The van der Waals surface area contributed by atoms with Gasteiger partial charge in [-0.05, 0) is 12.1 Å². The molecule has 0 bridgehead atoms. The molecule has 3 aromatic carbocycles. The van der Waals surface area contributed by atoms with Crippen LogP contribution >= 0.6 is 0 Å². The zero-order chi connectivity index (χ0) is 23.2. The molecule has 0 unspecified atom stereocenters. The van der Waals surface area contributed by atoms with E-state index in [1.165, 1.54) is 0 Å². The molecule has 1 aromatic heterocycles. The van der Waals surface area contributed by atoms with Gasteiger partial charge in [0.2, 0.25) is 0 Å². The number of amidine groups is 2. The summed E-state index contributed by atoms with van der Waals surface area (Å²) < 4.78 is 3.78. The third-order valence-electron chi connectivity index (χ3n) is 5.13. The first-order valence-corrected chi connectivity index (χ1v) is 10.9. The summed E-state index contributed by atoms with van der Waals surface area (Å²) in [6.07, 6.45) is 3.88. The van der Waals surface area contributed by atoms with Crippen LogP contribution in [0.5, 0.6) is 0 Å². The fraction of sp³-hybridized carbons (Fsp3) is 0.148. The van der Waals surface area contributed by atoms with E-state index in [2.05, 4.69) is 36.4 Å². The van der Waals surface area contributed by atoms with Gasteiger partial charge in [-0.1, -0.05) is 98.4 Å². The van der Waals surface area contributed by atoms with Gasteiger partial charge in [0, 0.05) is 39.3 Å². The number of hydrogen-bond donors (Lipinski definition) is 0. The quantitative estimate of drug-likeness (QED) is 0.269. The van der Waals surface area contributed by atoms with Crippen molar-refractivity contribution in [1.82, 2.24) is 14.5 Å². The molecular weight excluding hydrogens is 408 g/mol. The molecule has 0 atom stereocenters. The predicted octanol–water partition coefficient (Wildman–Crippen LogP) is 3.99. The fourth-order valence-corrected chi connectivity index (χ4v) is 3.57. The lowest BCUT2D eigenvalue weighted by Crippen LogP contribution is -2.35. The van der Waals surface area contributed by atoms with Crippen LogP contribution in [-0.4, -0.2) is 54.3 Å². The Morgan fingerprint density at radius 3 is 1.67 bits per heavy atom. The highest BCUT2D eigenvalue weighted by molar-refractivity contribution is 5.98. The van der Waals surface area contributed by atoms with Crippen LogP contribution in [0.3, 0.4) is 0 Å². The molecule has 33 heavy (non-hydrogen) atoms. The molecule has 0 aliphatic carbocycles. The molecule has 0 fully saturated rings.